The van der Waals surface area contributed by atoms with Crippen LogP contribution in [0.1, 0.15) is 23.6 Å². The molecule has 4 aromatic rings. The molecule has 1 aliphatic heterocycles. The summed E-state index contributed by atoms with van der Waals surface area (Å²) in [5, 5.41) is 9.14. The minimum atomic E-state index is 0.437. The number of benzene rings is 1. The first-order valence-electron chi connectivity index (χ1n) is 9.07. The topological polar surface area (TPSA) is 77.5 Å². The summed E-state index contributed by atoms with van der Waals surface area (Å²) in [7, 11) is 1.72. The zero-order chi connectivity index (χ0) is 18.5. The molecule has 0 bridgehead atoms. The number of nitrogens with two attached hydrogens (primary N) is 1. The van der Waals surface area contributed by atoms with Crippen LogP contribution in [0.5, 0.6) is 5.75 Å². The number of methoxy groups -OCH3 is 1. The van der Waals surface area contributed by atoms with Gasteiger partial charge in [0.15, 0.2) is 5.82 Å². The predicted octanol–water partition coefficient (Wildman–Crippen LogP) is 3.59. The molecule has 0 radical (unpaired) electrons. The number of ether oxygens (including phenoxy) is 1. The number of nitrogen functional groups attached to an aromatic ring is 1. The van der Waals surface area contributed by atoms with E-state index >= 15 is 0 Å². The molecule has 1 unspecified atom stereocenters. The van der Waals surface area contributed by atoms with E-state index in [1.807, 2.05) is 4.52 Å². The molecule has 1 saturated heterocycles. The Morgan fingerprint density at radius 3 is 2.96 bits per heavy atom. The summed E-state index contributed by atoms with van der Waals surface area (Å²) in [4.78, 5) is 5.40. The Hall–Kier alpha value is -2.64. The van der Waals surface area contributed by atoms with Crippen molar-refractivity contribution in [3.63, 3.8) is 0 Å². The minimum Gasteiger partial charge on any atom is -0.495 e. The van der Waals surface area contributed by atoms with Crippen molar-refractivity contribution in [2.24, 2.45) is 0 Å². The van der Waals surface area contributed by atoms with Gasteiger partial charge in [-0.3, -0.25) is 0 Å². The molecule has 1 aliphatic rings. The Morgan fingerprint density at radius 1 is 1.30 bits per heavy atom. The van der Waals surface area contributed by atoms with E-state index in [-0.39, 0.29) is 0 Å². The normalized spacial score (nSPS) is 17.2. The molecule has 138 valence electrons. The highest BCUT2D eigenvalue weighted by atomic mass is 32.1. The molecule has 1 aromatic carbocycles. The first-order chi connectivity index (χ1) is 13.2. The minimum absolute atomic E-state index is 0.437. The number of nitrogens with one attached hydrogen (secondary N) is 1. The first-order valence-corrected chi connectivity index (χ1v) is 9.88. The summed E-state index contributed by atoms with van der Waals surface area (Å²) in [5.74, 6) is 1.86. The lowest BCUT2D eigenvalue weighted by atomic mass is 10.0. The van der Waals surface area contributed by atoms with Gasteiger partial charge in [-0.1, -0.05) is 6.07 Å². The van der Waals surface area contributed by atoms with E-state index in [0.29, 0.717) is 11.7 Å². The van der Waals surface area contributed by atoms with E-state index in [4.69, 9.17) is 10.5 Å². The molecule has 5 rings (SSSR count). The lowest BCUT2D eigenvalue weighted by molar-refractivity contribution is 0.420. The maximum Gasteiger partial charge on any atom is 0.152 e. The fourth-order valence-corrected chi connectivity index (χ4v) is 5.18. The summed E-state index contributed by atoms with van der Waals surface area (Å²) >= 11 is 1.72. The molecule has 0 spiro atoms. The quantitative estimate of drug-likeness (QED) is 0.569. The largest absolute Gasteiger partial charge is 0.495 e. The maximum atomic E-state index is 6.27. The number of rotatable bonds is 3. The second-order valence-corrected chi connectivity index (χ2v) is 8.13. The van der Waals surface area contributed by atoms with Gasteiger partial charge in [-0.2, -0.15) is 5.10 Å². The van der Waals surface area contributed by atoms with Crippen LogP contribution >= 0.6 is 11.3 Å². The standard InChI is InChI=1S/C20H21N5OS/c1-11-5-13-7-17(27-19(13)16(6-11)26-2)14-8-15(12-3-4-22-9-12)25-18(14)20(21)23-10-24-25/h5-8,10,12,22H,3-4,9H2,1-2H3,(H2,21,23,24). The van der Waals surface area contributed by atoms with E-state index in [1.54, 1.807) is 18.4 Å². The molecule has 1 fully saturated rings. The van der Waals surface area contributed by atoms with Gasteiger partial charge in [-0.25, -0.2) is 9.50 Å². The SMILES string of the molecule is COc1cc(C)cc2cc(-c3cc(C4CCNC4)n4ncnc(N)c34)sc12. The van der Waals surface area contributed by atoms with Crippen LogP contribution in [-0.4, -0.2) is 34.8 Å². The van der Waals surface area contributed by atoms with E-state index in [9.17, 15) is 0 Å². The van der Waals surface area contributed by atoms with E-state index in [1.165, 1.54) is 23.0 Å². The van der Waals surface area contributed by atoms with Crippen LogP contribution < -0.4 is 15.8 Å². The van der Waals surface area contributed by atoms with Gasteiger partial charge in [-0.05, 0) is 49.0 Å². The van der Waals surface area contributed by atoms with Crippen LogP contribution in [0.4, 0.5) is 5.82 Å². The van der Waals surface area contributed by atoms with Gasteiger partial charge < -0.3 is 15.8 Å². The summed E-state index contributed by atoms with van der Waals surface area (Å²) in [6, 6.07) is 8.72. The number of thiophene rings is 1. The average molecular weight is 379 g/mol. The number of fused-ring (bicyclic) bond motifs is 2. The van der Waals surface area contributed by atoms with Crippen molar-refractivity contribution in [2.45, 2.75) is 19.3 Å². The zero-order valence-corrected chi connectivity index (χ0v) is 16.1. The van der Waals surface area contributed by atoms with Gasteiger partial charge in [0, 0.05) is 28.6 Å². The molecule has 6 nitrogen and oxygen atoms in total. The van der Waals surface area contributed by atoms with Crippen molar-refractivity contribution in [3.8, 4) is 16.2 Å². The van der Waals surface area contributed by atoms with Crippen LogP contribution in [0, 0.1) is 6.92 Å². The van der Waals surface area contributed by atoms with Crippen molar-refractivity contribution < 1.29 is 4.74 Å². The molecule has 0 aliphatic carbocycles. The number of aromatic nitrogens is 3. The van der Waals surface area contributed by atoms with Crippen molar-refractivity contribution in [3.05, 3.63) is 41.9 Å². The zero-order valence-electron chi connectivity index (χ0n) is 15.3. The van der Waals surface area contributed by atoms with Crippen molar-refractivity contribution in [1.82, 2.24) is 19.9 Å². The molecule has 27 heavy (non-hydrogen) atoms. The Balaban J connectivity index is 1.76. The van der Waals surface area contributed by atoms with Gasteiger partial charge in [0.05, 0.1) is 11.8 Å². The van der Waals surface area contributed by atoms with Crippen LogP contribution in [0.2, 0.25) is 0 Å². The predicted molar refractivity (Wildman–Crippen MR) is 110 cm³/mol. The van der Waals surface area contributed by atoms with Crippen LogP contribution in [0.3, 0.4) is 0 Å². The van der Waals surface area contributed by atoms with E-state index < -0.39 is 0 Å². The van der Waals surface area contributed by atoms with Crippen LogP contribution in [0.15, 0.2) is 30.6 Å². The van der Waals surface area contributed by atoms with Gasteiger partial charge in [0.1, 0.15) is 17.6 Å². The molecular weight excluding hydrogens is 358 g/mol. The van der Waals surface area contributed by atoms with Gasteiger partial charge in [0.2, 0.25) is 0 Å². The highest BCUT2D eigenvalue weighted by Crippen LogP contribution is 2.43. The van der Waals surface area contributed by atoms with Crippen molar-refractivity contribution in [1.29, 1.82) is 0 Å². The molecule has 7 heteroatoms. The highest BCUT2D eigenvalue weighted by Gasteiger charge is 2.25. The van der Waals surface area contributed by atoms with E-state index in [2.05, 4.69) is 46.6 Å². The molecular formula is C20H21N5OS. The van der Waals surface area contributed by atoms with Crippen LogP contribution in [-0.2, 0) is 0 Å². The number of nitrogens with zero attached hydrogens (tertiary/aromatic N) is 3. The Labute approximate surface area is 161 Å². The summed E-state index contributed by atoms with van der Waals surface area (Å²) < 4.78 is 8.73. The average Bonchev–Trinajstić information content (AvgIpc) is 3.38. The smallest absolute Gasteiger partial charge is 0.152 e. The number of aryl methyl sites for hydroxylation is 1. The molecule has 1 atom stereocenters. The Kier molecular flexibility index (Phi) is 3.80. The fraction of sp³-hybridized carbons (Fsp3) is 0.300. The molecule has 0 amide bonds. The number of anilines is 1. The third-order valence-corrected chi connectivity index (χ3v) is 6.50. The summed E-state index contributed by atoms with van der Waals surface area (Å²) in [5.41, 5.74) is 10.6. The highest BCUT2D eigenvalue weighted by molar-refractivity contribution is 7.22. The molecule has 0 saturated carbocycles. The fourth-order valence-electron chi connectivity index (χ4n) is 4.03. The number of hydrogen-bond donors (Lipinski definition) is 2. The Bertz CT molecular complexity index is 1160. The summed E-state index contributed by atoms with van der Waals surface area (Å²) in [6.45, 7) is 4.09. The lowest BCUT2D eigenvalue weighted by Crippen LogP contribution is -2.10. The maximum absolute atomic E-state index is 6.27. The van der Waals surface area contributed by atoms with Gasteiger partial charge in [0.25, 0.3) is 0 Å². The third kappa shape index (κ3) is 2.57. The molecule has 3 aromatic heterocycles. The van der Waals surface area contributed by atoms with Crippen molar-refractivity contribution in [2.75, 3.05) is 25.9 Å². The van der Waals surface area contributed by atoms with Crippen molar-refractivity contribution >= 4 is 32.8 Å². The van der Waals surface area contributed by atoms with Gasteiger partial charge in [-0.15, -0.1) is 11.3 Å². The third-order valence-electron chi connectivity index (χ3n) is 5.30. The van der Waals surface area contributed by atoms with Gasteiger partial charge >= 0.3 is 0 Å². The molecule has 3 N–H and O–H groups in total. The monoisotopic (exact) mass is 379 g/mol. The first kappa shape index (κ1) is 16.5. The van der Waals surface area contributed by atoms with Crippen LogP contribution in [0.25, 0.3) is 26.0 Å². The van der Waals surface area contributed by atoms with E-state index in [0.717, 1.165) is 45.9 Å². The second-order valence-electron chi connectivity index (χ2n) is 7.07. The second kappa shape index (κ2) is 6.21. The lowest BCUT2D eigenvalue weighted by Gasteiger charge is -2.07. The molecule has 4 heterocycles. The summed E-state index contributed by atoms with van der Waals surface area (Å²) in [6.07, 6.45) is 2.64. The Morgan fingerprint density at radius 2 is 2.19 bits per heavy atom. The number of hydrogen-bond acceptors (Lipinski definition) is 6.